The van der Waals surface area contributed by atoms with Gasteiger partial charge in [0.15, 0.2) is 0 Å². The fourth-order valence-electron chi connectivity index (χ4n) is 2.89. The van der Waals surface area contributed by atoms with Gasteiger partial charge in [-0.15, -0.1) is 0 Å². The van der Waals surface area contributed by atoms with Gasteiger partial charge >= 0.3 is 0 Å². The Balaban J connectivity index is 1.70. The van der Waals surface area contributed by atoms with Gasteiger partial charge in [-0.25, -0.2) is 8.78 Å². The molecule has 2 aliphatic rings. The summed E-state index contributed by atoms with van der Waals surface area (Å²) in [4.78, 5) is 2.18. The molecule has 1 unspecified atom stereocenters. The van der Waals surface area contributed by atoms with Crippen LogP contribution in [0.1, 0.15) is 24.8 Å². The Kier molecular flexibility index (Phi) is 3.80. The maximum absolute atomic E-state index is 13.7. The van der Waals surface area contributed by atoms with Crippen molar-refractivity contribution in [1.29, 1.82) is 0 Å². The van der Waals surface area contributed by atoms with Gasteiger partial charge in [-0.2, -0.15) is 0 Å². The summed E-state index contributed by atoms with van der Waals surface area (Å²) in [7, 11) is 0. The Bertz CT molecular complexity index is 426. The van der Waals surface area contributed by atoms with E-state index in [1.165, 1.54) is 31.0 Å². The molecule has 1 saturated heterocycles. The third kappa shape index (κ3) is 3.12. The van der Waals surface area contributed by atoms with E-state index in [1.807, 2.05) is 0 Å². The minimum absolute atomic E-state index is 0.207. The summed E-state index contributed by atoms with van der Waals surface area (Å²) in [5, 5.41) is 3.56. The molecule has 0 bridgehead atoms. The van der Waals surface area contributed by atoms with Crippen molar-refractivity contribution in [3.63, 3.8) is 0 Å². The van der Waals surface area contributed by atoms with Crippen LogP contribution in [0.4, 0.5) is 8.78 Å². The third-order valence-corrected chi connectivity index (χ3v) is 4.15. The van der Waals surface area contributed by atoms with Crippen LogP contribution in [-0.2, 0) is 6.54 Å². The Morgan fingerprint density at radius 1 is 1.21 bits per heavy atom. The van der Waals surface area contributed by atoms with Crippen LogP contribution in [0, 0.1) is 17.6 Å². The molecular formula is C15H20F2N2. The number of nitrogens with one attached hydrogen (secondary N) is 1. The van der Waals surface area contributed by atoms with Crippen LogP contribution in [0.2, 0.25) is 0 Å². The first-order chi connectivity index (χ1) is 9.24. The van der Waals surface area contributed by atoms with E-state index in [2.05, 4.69) is 10.2 Å². The fraction of sp³-hybridized carbons (Fsp3) is 0.600. The predicted molar refractivity (Wildman–Crippen MR) is 70.8 cm³/mol. The van der Waals surface area contributed by atoms with Gasteiger partial charge in [-0.3, -0.25) is 4.90 Å². The number of rotatable bonds is 3. The molecule has 4 heteroatoms. The van der Waals surface area contributed by atoms with Crippen LogP contribution in [0.5, 0.6) is 0 Å². The van der Waals surface area contributed by atoms with Crippen LogP contribution in [-0.4, -0.2) is 30.6 Å². The van der Waals surface area contributed by atoms with Crippen LogP contribution in [0.3, 0.4) is 0 Å². The van der Waals surface area contributed by atoms with Crippen molar-refractivity contribution in [2.75, 3.05) is 19.6 Å². The van der Waals surface area contributed by atoms with E-state index in [0.717, 1.165) is 32.0 Å². The summed E-state index contributed by atoms with van der Waals surface area (Å²) in [6, 6.07) is 4.60. The first-order valence-corrected chi connectivity index (χ1v) is 7.12. The van der Waals surface area contributed by atoms with Gasteiger partial charge in [0.2, 0.25) is 0 Å². The second-order valence-corrected chi connectivity index (χ2v) is 5.69. The normalized spacial score (nSPS) is 25.3. The highest BCUT2D eigenvalue weighted by Gasteiger charge is 2.33. The Morgan fingerprint density at radius 2 is 1.95 bits per heavy atom. The third-order valence-electron chi connectivity index (χ3n) is 4.15. The zero-order valence-corrected chi connectivity index (χ0v) is 11.0. The molecule has 0 amide bonds. The quantitative estimate of drug-likeness (QED) is 0.904. The van der Waals surface area contributed by atoms with Crippen molar-refractivity contribution < 1.29 is 8.78 Å². The standard InChI is InChI=1S/C15H20F2N2/c16-13-3-1-4-14(17)12(13)9-19-8-2-7-18-15(10-19)11-5-6-11/h1,3-4,11,15,18H,2,5-10H2. The second-order valence-electron chi connectivity index (χ2n) is 5.69. The van der Waals surface area contributed by atoms with E-state index in [-0.39, 0.29) is 5.56 Å². The molecule has 1 aromatic rings. The number of halogens is 2. The lowest BCUT2D eigenvalue weighted by Gasteiger charge is -2.24. The highest BCUT2D eigenvalue weighted by atomic mass is 19.1. The summed E-state index contributed by atoms with van der Waals surface area (Å²) in [5.74, 6) is -0.0913. The van der Waals surface area contributed by atoms with Crippen LogP contribution in [0.15, 0.2) is 18.2 Å². The molecule has 1 aliphatic heterocycles. The van der Waals surface area contributed by atoms with E-state index >= 15 is 0 Å². The van der Waals surface area contributed by atoms with Gasteiger partial charge in [0.1, 0.15) is 11.6 Å². The molecule has 1 atom stereocenters. The van der Waals surface area contributed by atoms with E-state index in [9.17, 15) is 8.78 Å². The average molecular weight is 266 g/mol. The molecule has 19 heavy (non-hydrogen) atoms. The highest BCUT2D eigenvalue weighted by Crippen LogP contribution is 2.33. The minimum Gasteiger partial charge on any atom is -0.312 e. The Hall–Kier alpha value is -1.00. The maximum Gasteiger partial charge on any atom is 0.130 e. The van der Waals surface area contributed by atoms with E-state index < -0.39 is 11.6 Å². The molecule has 104 valence electrons. The molecule has 0 aromatic heterocycles. The van der Waals surface area contributed by atoms with Gasteiger partial charge in [-0.05, 0) is 50.4 Å². The first-order valence-electron chi connectivity index (χ1n) is 7.12. The Labute approximate surface area is 112 Å². The predicted octanol–water partition coefficient (Wildman–Crippen LogP) is 2.54. The van der Waals surface area contributed by atoms with E-state index in [0.29, 0.717) is 12.6 Å². The van der Waals surface area contributed by atoms with Crippen LogP contribution >= 0.6 is 0 Å². The van der Waals surface area contributed by atoms with Gasteiger partial charge in [0, 0.05) is 24.7 Å². The summed E-state index contributed by atoms with van der Waals surface area (Å²) < 4.78 is 27.4. The van der Waals surface area contributed by atoms with Gasteiger partial charge < -0.3 is 5.32 Å². The van der Waals surface area contributed by atoms with Crippen molar-refractivity contribution in [3.8, 4) is 0 Å². The zero-order chi connectivity index (χ0) is 13.2. The van der Waals surface area contributed by atoms with Crippen LogP contribution < -0.4 is 5.32 Å². The molecule has 1 N–H and O–H groups in total. The van der Waals surface area contributed by atoms with Gasteiger partial charge in [0.05, 0.1) is 0 Å². The molecule has 1 saturated carbocycles. The molecule has 3 rings (SSSR count). The lowest BCUT2D eigenvalue weighted by Crippen LogP contribution is -2.39. The average Bonchev–Trinajstić information content (AvgIpc) is 3.20. The summed E-state index contributed by atoms with van der Waals surface area (Å²) in [6.45, 7) is 3.20. The van der Waals surface area contributed by atoms with Crippen molar-refractivity contribution in [1.82, 2.24) is 10.2 Å². The van der Waals surface area contributed by atoms with E-state index in [1.54, 1.807) is 0 Å². The van der Waals surface area contributed by atoms with Crippen molar-refractivity contribution in [3.05, 3.63) is 35.4 Å². The zero-order valence-electron chi connectivity index (χ0n) is 11.0. The lowest BCUT2D eigenvalue weighted by atomic mass is 10.1. The summed E-state index contributed by atoms with van der Waals surface area (Å²) in [6.07, 6.45) is 3.62. The molecule has 1 aliphatic carbocycles. The van der Waals surface area contributed by atoms with Crippen molar-refractivity contribution >= 4 is 0 Å². The highest BCUT2D eigenvalue weighted by molar-refractivity contribution is 5.19. The minimum atomic E-state index is -0.430. The monoisotopic (exact) mass is 266 g/mol. The van der Waals surface area contributed by atoms with Gasteiger partial charge in [0.25, 0.3) is 0 Å². The van der Waals surface area contributed by atoms with Crippen LogP contribution in [0.25, 0.3) is 0 Å². The summed E-state index contributed by atoms with van der Waals surface area (Å²) >= 11 is 0. The maximum atomic E-state index is 13.7. The molecule has 1 heterocycles. The fourth-order valence-corrected chi connectivity index (χ4v) is 2.89. The van der Waals surface area contributed by atoms with Gasteiger partial charge in [-0.1, -0.05) is 6.07 Å². The lowest BCUT2D eigenvalue weighted by molar-refractivity contribution is 0.244. The summed E-state index contributed by atoms with van der Waals surface area (Å²) in [5.41, 5.74) is 0.207. The first kappa shape index (κ1) is 13.0. The molecule has 0 spiro atoms. The van der Waals surface area contributed by atoms with Crippen molar-refractivity contribution in [2.24, 2.45) is 5.92 Å². The molecular weight excluding hydrogens is 246 g/mol. The van der Waals surface area contributed by atoms with E-state index in [4.69, 9.17) is 0 Å². The number of hydrogen-bond donors (Lipinski definition) is 1. The number of hydrogen-bond acceptors (Lipinski definition) is 2. The van der Waals surface area contributed by atoms with Crippen molar-refractivity contribution in [2.45, 2.75) is 31.8 Å². The number of benzene rings is 1. The largest absolute Gasteiger partial charge is 0.312 e. The molecule has 0 radical (unpaired) electrons. The molecule has 1 aromatic carbocycles. The molecule has 2 nitrogen and oxygen atoms in total. The molecule has 2 fully saturated rings. The smallest absolute Gasteiger partial charge is 0.130 e. The SMILES string of the molecule is Fc1cccc(F)c1CN1CCCNC(C2CC2)C1. The Morgan fingerprint density at radius 3 is 2.63 bits per heavy atom. The second kappa shape index (κ2) is 5.55. The number of nitrogens with zero attached hydrogens (tertiary/aromatic N) is 1. The topological polar surface area (TPSA) is 15.3 Å².